The Labute approximate surface area is 332 Å². The molecule has 0 aliphatic heterocycles. The number of rotatable bonds is 21. The maximum absolute atomic E-state index is 14.0. The van der Waals surface area contributed by atoms with Crippen molar-refractivity contribution in [1.29, 1.82) is 0 Å². The van der Waals surface area contributed by atoms with E-state index < -0.39 is 35.8 Å². The lowest BCUT2D eigenvalue weighted by atomic mass is 9.99. The highest BCUT2D eigenvalue weighted by Crippen LogP contribution is 2.31. The monoisotopic (exact) mass is 872 g/mol. The summed E-state index contributed by atoms with van der Waals surface area (Å²) in [6, 6.07) is 16.1. The minimum absolute atomic E-state index is 0.0545. The van der Waals surface area contributed by atoms with E-state index in [1.807, 2.05) is 60.7 Å². The summed E-state index contributed by atoms with van der Waals surface area (Å²) in [5.74, 6) is -0.198. The summed E-state index contributed by atoms with van der Waals surface area (Å²) < 4.78 is 12.2. The van der Waals surface area contributed by atoms with Crippen molar-refractivity contribution in [2.75, 3.05) is 33.9 Å². The molecule has 0 aromatic heterocycles. The number of hydrogen-bond acceptors (Lipinski definition) is 8. The standard InChI is InChI=1S/C37H50Br2N10O5/c1-53-31-13-9-23(19-26(31)38)15-18-45-34(51)29(6-4-17-47-37(43)44)48-35(52)30(49-33(50)28(40)5-3-16-46-36(41)42)20-22-7-10-24(11-8-22)25-12-14-32(54-2)27(39)21-25/h7-14,19,21,28-30H,3-6,15-18,20,40H2,1-2H3,(H,45,51)(H,48,52)(H,49,50)(H4,41,42,46)(H4,43,44,47)/t28-,29-,30-/m0/s1. The number of nitrogens with zero attached hydrogens (tertiary/aromatic N) is 2. The number of benzene rings is 3. The van der Waals surface area contributed by atoms with Crippen LogP contribution in [0.3, 0.4) is 0 Å². The molecule has 0 saturated carbocycles. The van der Waals surface area contributed by atoms with Gasteiger partial charge in [0.1, 0.15) is 23.6 Å². The molecule has 3 rings (SSSR count). The van der Waals surface area contributed by atoms with E-state index in [4.69, 9.17) is 38.1 Å². The predicted octanol–water partition coefficient (Wildman–Crippen LogP) is 2.20. The summed E-state index contributed by atoms with van der Waals surface area (Å²) in [4.78, 5) is 48.7. The molecule has 54 heavy (non-hydrogen) atoms. The Morgan fingerprint density at radius 1 is 0.685 bits per heavy atom. The summed E-state index contributed by atoms with van der Waals surface area (Å²) >= 11 is 7.01. The molecule has 0 heterocycles. The molecule has 3 aromatic rings. The highest BCUT2D eigenvalue weighted by atomic mass is 79.9. The third-order valence-electron chi connectivity index (χ3n) is 8.32. The molecule has 0 bridgehead atoms. The van der Waals surface area contributed by atoms with E-state index in [0.29, 0.717) is 43.9 Å². The molecule has 0 radical (unpaired) electrons. The van der Waals surface area contributed by atoms with Gasteiger partial charge in [-0.3, -0.25) is 24.4 Å². The fraction of sp³-hybridized carbons (Fsp3) is 0.378. The van der Waals surface area contributed by atoms with Gasteiger partial charge in [-0.25, -0.2) is 0 Å². The molecule has 17 heteroatoms. The van der Waals surface area contributed by atoms with Gasteiger partial charge < -0.3 is 54.1 Å². The van der Waals surface area contributed by atoms with Gasteiger partial charge in [0, 0.05) is 26.1 Å². The van der Waals surface area contributed by atoms with Crippen LogP contribution in [0.2, 0.25) is 0 Å². The fourth-order valence-electron chi connectivity index (χ4n) is 5.42. The minimum atomic E-state index is -1.06. The summed E-state index contributed by atoms with van der Waals surface area (Å²) in [7, 11) is 3.19. The molecule has 292 valence electrons. The van der Waals surface area contributed by atoms with Crippen LogP contribution in [0, 0.1) is 0 Å². The average Bonchev–Trinajstić information content (AvgIpc) is 3.14. The second kappa shape index (κ2) is 22.4. The zero-order valence-electron chi connectivity index (χ0n) is 30.4. The Hall–Kier alpha value is -4.87. The van der Waals surface area contributed by atoms with E-state index in [1.165, 1.54) is 0 Å². The van der Waals surface area contributed by atoms with E-state index in [0.717, 1.165) is 31.2 Å². The van der Waals surface area contributed by atoms with Crippen molar-refractivity contribution in [3.63, 3.8) is 0 Å². The number of methoxy groups -OCH3 is 2. The predicted molar refractivity (Wildman–Crippen MR) is 219 cm³/mol. The first kappa shape index (κ1) is 43.5. The van der Waals surface area contributed by atoms with Crippen LogP contribution in [-0.2, 0) is 27.2 Å². The Morgan fingerprint density at radius 2 is 1.22 bits per heavy atom. The molecule has 15 nitrogen and oxygen atoms in total. The highest BCUT2D eigenvalue weighted by molar-refractivity contribution is 9.11. The SMILES string of the molecule is COc1ccc(CCNC(=O)[C@H](CCCN=C(N)N)NC(=O)[C@H](Cc2ccc(-c3ccc(OC)c(Br)c3)cc2)NC(=O)[C@@H](N)CCCN=C(N)N)cc1Br. The van der Waals surface area contributed by atoms with Crippen LogP contribution >= 0.6 is 31.9 Å². The maximum atomic E-state index is 14.0. The van der Waals surface area contributed by atoms with Gasteiger partial charge in [-0.15, -0.1) is 0 Å². The van der Waals surface area contributed by atoms with Gasteiger partial charge in [0.2, 0.25) is 17.7 Å². The number of amides is 3. The third-order valence-corrected chi connectivity index (χ3v) is 9.56. The lowest BCUT2D eigenvalue weighted by molar-refractivity contribution is -0.132. The molecular weight excluding hydrogens is 824 g/mol. The minimum Gasteiger partial charge on any atom is -0.496 e. The first-order valence-corrected chi connectivity index (χ1v) is 18.9. The van der Waals surface area contributed by atoms with E-state index in [2.05, 4.69) is 57.8 Å². The molecule has 3 amide bonds. The van der Waals surface area contributed by atoms with Crippen LogP contribution in [-0.4, -0.2) is 81.6 Å². The van der Waals surface area contributed by atoms with Crippen LogP contribution in [0.1, 0.15) is 36.8 Å². The van der Waals surface area contributed by atoms with E-state index in [-0.39, 0.29) is 37.7 Å². The Bertz CT molecular complexity index is 1770. The molecule has 3 atom stereocenters. The molecule has 13 N–H and O–H groups in total. The van der Waals surface area contributed by atoms with Crippen molar-refractivity contribution >= 4 is 61.5 Å². The Morgan fingerprint density at radius 3 is 1.80 bits per heavy atom. The van der Waals surface area contributed by atoms with Crippen LogP contribution in [0.25, 0.3) is 11.1 Å². The molecule has 3 aromatic carbocycles. The lowest BCUT2D eigenvalue weighted by Gasteiger charge is -2.24. The number of nitrogens with two attached hydrogens (primary N) is 5. The second-order valence-corrected chi connectivity index (χ2v) is 14.1. The lowest BCUT2D eigenvalue weighted by Crippen LogP contribution is -2.56. The van der Waals surface area contributed by atoms with Crippen LogP contribution < -0.4 is 54.1 Å². The molecular formula is C37H50Br2N10O5. The fourth-order valence-corrected chi connectivity index (χ4v) is 6.55. The summed E-state index contributed by atoms with van der Waals surface area (Å²) in [5.41, 5.74) is 31.6. The maximum Gasteiger partial charge on any atom is 0.243 e. The van der Waals surface area contributed by atoms with Crippen molar-refractivity contribution < 1.29 is 23.9 Å². The smallest absolute Gasteiger partial charge is 0.243 e. The summed E-state index contributed by atoms with van der Waals surface area (Å²) in [6.07, 6.45) is 2.04. The number of hydrogen-bond donors (Lipinski definition) is 8. The van der Waals surface area contributed by atoms with Gasteiger partial charge in [0.15, 0.2) is 11.9 Å². The van der Waals surface area contributed by atoms with Crippen molar-refractivity contribution in [3.05, 3.63) is 80.7 Å². The van der Waals surface area contributed by atoms with Gasteiger partial charge in [-0.2, -0.15) is 0 Å². The highest BCUT2D eigenvalue weighted by Gasteiger charge is 2.28. The van der Waals surface area contributed by atoms with Crippen LogP contribution in [0.5, 0.6) is 11.5 Å². The zero-order chi connectivity index (χ0) is 39.6. The average molecular weight is 875 g/mol. The van der Waals surface area contributed by atoms with Crippen molar-refractivity contribution in [3.8, 4) is 22.6 Å². The van der Waals surface area contributed by atoms with Crippen molar-refractivity contribution in [2.45, 2.75) is 56.7 Å². The van der Waals surface area contributed by atoms with Gasteiger partial charge in [-0.05, 0) is 110 Å². The van der Waals surface area contributed by atoms with E-state index in [1.54, 1.807) is 14.2 Å². The quantitative estimate of drug-likeness (QED) is 0.0440. The summed E-state index contributed by atoms with van der Waals surface area (Å²) in [6.45, 7) is 0.869. The number of carbonyl (C=O) groups excluding carboxylic acids is 3. The number of guanidine groups is 2. The number of carbonyl (C=O) groups is 3. The number of aliphatic imine (C=N–C) groups is 2. The zero-order valence-corrected chi connectivity index (χ0v) is 33.6. The second-order valence-electron chi connectivity index (χ2n) is 12.4. The first-order valence-electron chi connectivity index (χ1n) is 17.3. The molecule has 0 spiro atoms. The summed E-state index contributed by atoms with van der Waals surface area (Å²) in [5, 5.41) is 8.58. The largest absolute Gasteiger partial charge is 0.496 e. The van der Waals surface area contributed by atoms with Crippen molar-refractivity contribution in [2.24, 2.45) is 38.7 Å². The van der Waals surface area contributed by atoms with E-state index >= 15 is 0 Å². The van der Waals surface area contributed by atoms with Gasteiger partial charge in [0.25, 0.3) is 0 Å². The number of nitrogens with one attached hydrogen (secondary N) is 3. The normalized spacial score (nSPS) is 12.4. The van der Waals surface area contributed by atoms with Gasteiger partial charge >= 0.3 is 0 Å². The number of ether oxygens (including phenoxy) is 2. The topological polar surface area (TPSA) is 261 Å². The molecule has 0 fully saturated rings. The Balaban J connectivity index is 1.79. The van der Waals surface area contributed by atoms with Gasteiger partial charge in [0.05, 0.1) is 29.2 Å². The molecule has 0 aliphatic carbocycles. The molecule has 0 saturated heterocycles. The van der Waals surface area contributed by atoms with Crippen molar-refractivity contribution in [1.82, 2.24) is 16.0 Å². The van der Waals surface area contributed by atoms with E-state index in [9.17, 15) is 14.4 Å². The van der Waals surface area contributed by atoms with Gasteiger partial charge in [-0.1, -0.05) is 36.4 Å². The number of halogens is 2. The first-order chi connectivity index (χ1) is 25.8. The van der Waals surface area contributed by atoms with Crippen LogP contribution in [0.4, 0.5) is 0 Å². The molecule has 0 aliphatic rings. The molecule has 0 unspecified atom stereocenters. The van der Waals surface area contributed by atoms with Crippen LogP contribution in [0.15, 0.2) is 79.6 Å². The Kier molecular flexibility index (Phi) is 18.0. The third kappa shape index (κ3) is 14.5.